The van der Waals surface area contributed by atoms with Gasteiger partial charge in [0.25, 0.3) is 10.0 Å². The van der Waals surface area contributed by atoms with E-state index >= 15 is 0 Å². The third kappa shape index (κ3) is 3.19. The molecule has 21 heavy (non-hydrogen) atoms. The molecule has 2 aromatic carbocycles. The number of benzene rings is 2. The van der Waals surface area contributed by atoms with Crippen LogP contribution in [0.5, 0.6) is 11.5 Å². The van der Waals surface area contributed by atoms with Crippen LogP contribution in [0.1, 0.15) is 0 Å². The summed E-state index contributed by atoms with van der Waals surface area (Å²) in [5.74, 6) is 0.918. The Morgan fingerprint density at radius 2 is 1.76 bits per heavy atom. The molecule has 0 fully saturated rings. The van der Waals surface area contributed by atoms with Crippen LogP contribution in [0, 0.1) is 0 Å². The van der Waals surface area contributed by atoms with E-state index in [1.807, 2.05) is 0 Å². The van der Waals surface area contributed by atoms with Gasteiger partial charge in [0.05, 0.1) is 25.6 Å². The Hall–Kier alpha value is -2.41. The monoisotopic (exact) mass is 308 g/mol. The second kappa shape index (κ2) is 5.92. The predicted octanol–water partition coefficient (Wildman–Crippen LogP) is 2.09. The van der Waals surface area contributed by atoms with Crippen LogP contribution < -0.4 is 19.9 Å². The standard InChI is InChI=1S/C14H16N2O4S/c1-19-10-7-8-12(13(9-10)20-2)16-21(17,18)14-6-4-3-5-11(14)15/h3-9,16H,15H2,1-2H3. The van der Waals surface area contributed by atoms with Gasteiger partial charge in [0, 0.05) is 6.07 Å². The summed E-state index contributed by atoms with van der Waals surface area (Å²) in [6.07, 6.45) is 0. The van der Waals surface area contributed by atoms with Crippen molar-refractivity contribution in [1.82, 2.24) is 0 Å². The van der Waals surface area contributed by atoms with Gasteiger partial charge in [-0.3, -0.25) is 4.72 Å². The molecule has 0 heterocycles. The molecule has 0 bridgehead atoms. The van der Waals surface area contributed by atoms with Gasteiger partial charge in [-0.05, 0) is 24.3 Å². The summed E-state index contributed by atoms with van der Waals surface area (Å²) in [5.41, 5.74) is 6.19. The molecule has 0 aliphatic carbocycles. The minimum atomic E-state index is -3.79. The maximum absolute atomic E-state index is 12.4. The lowest BCUT2D eigenvalue weighted by Crippen LogP contribution is -2.15. The van der Waals surface area contributed by atoms with Crippen LogP contribution in [0.4, 0.5) is 11.4 Å². The third-order valence-electron chi connectivity index (χ3n) is 2.86. The van der Waals surface area contributed by atoms with Gasteiger partial charge in [-0.2, -0.15) is 0 Å². The fourth-order valence-corrected chi connectivity index (χ4v) is 3.01. The van der Waals surface area contributed by atoms with Crippen molar-refractivity contribution in [1.29, 1.82) is 0 Å². The molecule has 7 heteroatoms. The van der Waals surface area contributed by atoms with Gasteiger partial charge in [0.1, 0.15) is 16.4 Å². The quantitative estimate of drug-likeness (QED) is 0.825. The Morgan fingerprint density at radius 3 is 2.38 bits per heavy atom. The molecular weight excluding hydrogens is 292 g/mol. The van der Waals surface area contributed by atoms with E-state index in [-0.39, 0.29) is 10.6 Å². The summed E-state index contributed by atoms with van der Waals surface area (Å²) in [6.45, 7) is 0. The van der Waals surface area contributed by atoms with Crippen LogP contribution in [0.15, 0.2) is 47.4 Å². The first-order valence-corrected chi connectivity index (χ1v) is 7.55. The first-order chi connectivity index (χ1) is 9.97. The van der Waals surface area contributed by atoms with Crippen LogP contribution >= 0.6 is 0 Å². The highest BCUT2D eigenvalue weighted by molar-refractivity contribution is 7.92. The smallest absolute Gasteiger partial charge is 0.264 e. The van der Waals surface area contributed by atoms with Gasteiger partial charge in [-0.1, -0.05) is 12.1 Å². The zero-order valence-electron chi connectivity index (χ0n) is 11.7. The second-order valence-electron chi connectivity index (χ2n) is 4.21. The van der Waals surface area contributed by atoms with Gasteiger partial charge in [-0.25, -0.2) is 8.42 Å². The molecule has 112 valence electrons. The summed E-state index contributed by atoms with van der Waals surface area (Å²) >= 11 is 0. The number of nitrogens with two attached hydrogens (primary N) is 1. The van der Waals surface area contributed by atoms with Crippen LogP contribution in [-0.2, 0) is 10.0 Å². The number of nitrogens with one attached hydrogen (secondary N) is 1. The SMILES string of the molecule is COc1ccc(NS(=O)(=O)c2ccccc2N)c(OC)c1. The molecule has 2 rings (SSSR count). The molecule has 0 atom stereocenters. The first-order valence-electron chi connectivity index (χ1n) is 6.07. The Kier molecular flexibility index (Phi) is 4.23. The van der Waals surface area contributed by atoms with Crippen molar-refractivity contribution in [3.05, 3.63) is 42.5 Å². The third-order valence-corrected chi connectivity index (χ3v) is 4.30. The molecular formula is C14H16N2O4S. The highest BCUT2D eigenvalue weighted by Crippen LogP contribution is 2.31. The number of sulfonamides is 1. The summed E-state index contributed by atoms with van der Waals surface area (Å²) in [4.78, 5) is 0.0165. The van der Waals surface area contributed by atoms with E-state index in [2.05, 4.69) is 4.72 Å². The van der Waals surface area contributed by atoms with E-state index in [9.17, 15) is 8.42 Å². The highest BCUT2D eigenvalue weighted by Gasteiger charge is 2.19. The van der Waals surface area contributed by atoms with Gasteiger partial charge in [0.15, 0.2) is 0 Å². The molecule has 0 saturated heterocycles. The van der Waals surface area contributed by atoms with Crippen LogP contribution in [0.2, 0.25) is 0 Å². The number of para-hydroxylation sites is 1. The molecule has 2 aromatic rings. The minimum absolute atomic E-state index is 0.0165. The van der Waals surface area contributed by atoms with E-state index in [0.717, 1.165) is 0 Å². The average Bonchev–Trinajstić information content (AvgIpc) is 2.47. The molecule has 0 amide bonds. The lowest BCUT2D eigenvalue weighted by molar-refractivity contribution is 0.395. The largest absolute Gasteiger partial charge is 0.497 e. The molecule has 0 spiro atoms. The Labute approximate surface area is 123 Å². The molecule has 0 unspecified atom stereocenters. The Bertz CT molecular complexity index is 744. The van der Waals surface area contributed by atoms with Crippen molar-refractivity contribution in [2.24, 2.45) is 0 Å². The Morgan fingerprint density at radius 1 is 1.05 bits per heavy atom. The van der Waals surface area contributed by atoms with Crippen molar-refractivity contribution < 1.29 is 17.9 Å². The summed E-state index contributed by atoms with van der Waals surface area (Å²) in [7, 11) is -0.827. The fourth-order valence-electron chi connectivity index (χ4n) is 1.81. The molecule has 0 saturated carbocycles. The van der Waals surface area contributed by atoms with Gasteiger partial charge in [0.2, 0.25) is 0 Å². The van der Waals surface area contributed by atoms with Crippen LogP contribution in [-0.4, -0.2) is 22.6 Å². The van der Waals surface area contributed by atoms with E-state index in [1.165, 1.54) is 26.4 Å². The first kappa shape index (κ1) is 15.0. The molecule has 0 radical (unpaired) electrons. The van der Waals surface area contributed by atoms with E-state index in [4.69, 9.17) is 15.2 Å². The van der Waals surface area contributed by atoms with Crippen molar-refractivity contribution in [2.45, 2.75) is 4.90 Å². The molecule has 0 aromatic heterocycles. The number of methoxy groups -OCH3 is 2. The van der Waals surface area contributed by atoms with Gasteiger partial charge < -0.3 is 15.2 Å². The number of hydrogen-bond acceptors (Lipinski definition) is 5. The molecule has 0 aliphatic heterocycles. The van der Waals surface area contributed by atoms with Gasteiger partial charge >= 0.3 is 0 Å². The normalized spacial score (nSPS) is 11.0. The van der Waals surface area contributed by atoms with E-state index in [0.29, 0.717) is 17.2 Å². The van der Waals surface area contributed by atoms with Crippen molar-refractivity contribution in [3.63, 3.8) is 0 Å². The van der Waals surface area contributed by atoms with E-state index < -0.39 is 10.0 Å². The average molecular weight is 308 g/mol. The lowest BCUT2D eigenvalue weighted by atomic mass is 10.3. The van der Waals surface area contributed by atoms with Crippen molar-refractivity contribution in [3.8, 4) is 11.5 Å². The zero-order chi connectivity index (χ0) is 15.5. The number of nitrogen functional groups attached to an aromatic ring is 1. The maximum atomic E-state index is 12.4. The maximum Gasteiger partial charge on any atom is 0.264 e. The number of anilines is 2. The lowest BCUT2D eigenvalue weighted by Gasteiger charge is -2.13. The number of rotatable bonds is 5. The second-order valence-corrected chi connectivity index (χ2v) is 5.86. The summed E-state index contributed by atoms with van der Waals surface area (Å²) in [5, 5.41) is 0. The van der Waals surface area contributed by atoms with Crippen LogP contribution in [0.3, 0.4) is 0 Å². The topological polar surface area (TPSA) is 90.7 Å². The molecule has 3 N–H and O–H groups in total. The zero-order valence-corrected chi connectivity index (χ0v) is 12.5. The van der Waals surface area contributed by atoms with Crippen molar-refractivity contribution >= 4 is 21.4 Å². The van der Waals surface area contributed by atoms with Crippen LogP contribution in [0.25, 0.3) is 0 Å². The predicted molar refractivity (Wildman–Crippen MR) is 81.2 cm³/mol. The number of hydrogen-bond donors (Lipinski definition) is 2. The van der Waals surface area contributed by atoms with E-state index in [1.54, 1.807) is 30.3 Å². The number of ether oxygens (including phenoxy) is 2. The summed E-state index contributed by atoms with van der Waals surface area (Å²) in [6, 6.07) is 11.0. The molecule has 0 aliphatic rings. The minimum Gasteiger partial charge on any atom is -0.497 e. The Balaban J connectivity index is 2.40. The van der Waals surface area contributed by atoms with Crippen molar-refractivity contribution in [2.75, 3.05) is 24.7 Å². The van der Waals surface area contributed by atoms with Gasteiger partial charge in [-0.15, -0.1) is 0 Å². The summed E-state index contributed by atoms with van der Waals surface area (Å²) < 4.78 is 37.4. The fraction of sp³-hybridized carbons (Fsp3) is 0.143. The highest BCUT2D eigenvalue weighted by atomic mass is 32.2. The molecule has 6 nitrogen and oxygen atoms in total.